The van der Waals surface area contributed by atoms with Gasteiger partial charge in [0.05, 0.1) is 10.6 Å². The van der Waals surface area contributed by atoms with Crippen molar-refractivity contribution >= 4 is 46.9 Å². The first-order valence-corrected chi connectivity index (χ1v) is 11.5. The van der Waals surface area contributed by atoms with E-state index in [2.05, 4.69) is 5.32 Å². The van der Waals surface area contributed by atoms with Crippen LogP contribution in [0.15, 0.2) is 76.5 Å². The smallest absolute Gasteiger partial charge is 0.264 e. The molecule has 3 aromatic rings. The maximum Gasteiger partial charge on any atom is 0.264 e. The summed E-state index contributed by atoms with van der Waals surface area (Å²) in [4.78, 5) is 28.8. The zero-order chi connectivity index (χ0) is 22.7. The number of rotatable bonds is 5. The summed E-state index contributed by atoms with van der Waals surface area (Å²) in [6, 6.07) is 21.1. The van der Waals surface area contributed by atoms with Crippen molar-refractivity contribution in [2.24, 2.45) is 0 Å². The molecule has 0 radical (unpaired) electrons. The van der Waals surface area contributed by atoms with E-state index in [0.717, 1.165) is 33.7 Å². The minimum absolute atomic E-state index is 0.0793. The number of anilines is 1. The van der Waals surface area contributed by atoms with Crippen molar-refractivity contribution in [3.8, 4) is 0 Å². The second kappa shape index (κ2) is 9.63. The molecule has 0 bridgehead atoms. The number of amides is 2. The lowest BCUT2D eigenvalue weighted by atomic mass is 10.1. The first kappa shape index (κ1) is 22.2. The summed E-state index contributed by atoms with van der Waals surface area (Å²) < 4.78 is 0. The third-order valence-electron chi connectivity index (χ3n) is 5.27. The molecule has 4 nitrogen and oxygen atoms in total. The van der Waals surface area contributed by atoms with Gasteiger partial charge in [-0.2, -0.15) is 0 Å². The van der Waals surface area contributed by atoms with Gasteiger partial charge in [-0.15, -0.1) is 0 Å². The zero-order valence-electron chi connectivity index (χ0n) is 17.9. The van der Waals surface area contributed by atoms with Gasteiger partial charge in [0.2, 0.25) is 0 Å². The van der Waals surface area contributed by atoms with Crippen molar-refractivity contribution in [2.45, 2.75) is 18.2 Å². The van der Waals surface area contributed by atoms with Gasteiger partial charge in [-0.25, -0.2) is 0 Å². The van der Waals surface area contributed by atoms with Gasteiger partial charge >= 0.3 is 0 Å². The van der Waals surface area contributed by atoms with Gasteiger partial charge in [0.1, 0.15) is 0 Å². The molecule has 0 atom stereocenters. The molecule has 1 heterocycles. The fraction of sp³-hybridized carbons (Fsp3) is 0.154. The number of hydrogen-bond acceptors (Lipinski definition) is 3. The van der Waals surface area contributed by atoms with Crippen molar-refractivity contribution in [2.75, 3.05) is 18.5 Å². The minimum Gasteiger partial charge on any atom is -0.352 e. The first-order valence-electron chi connectivity index (χ1n) is 10.3. The van der Waals surface area contributed by atoms with Gasteiger partial charge in [-0.1, -0.05) is 65.3 Å². The van der Waals surface area contributed by atoms with Crippen LogP contribution in [0.2, 0.25) is 5.02 Å². The highest BCUT2D eigenvalue weighted by Crippen LogP contribution is 2.42. The van der Waals surface area contributed by atoms with E-state index in [1.165, 1.54) is 11.8 Å². The number of halogens is 1. The molecule has 0 spiro atoms. The Labute approximate surface area is 197 Å². The predicted octanol–water partition coefficient (Wildman–Crippen LogP) is 5.73. The molecule has 0 saturated heterocycles. The lowest BCUT2D eigenvalue weighted by Crippen LogP contribution is -2.31. The normalized spacial score (nSPS) is 14.4. The molecule has 1 aliphatic rings. The summed E-state index contributed by atoms with van der Waals surface area (Å²) in [6.07, 6.45) is 2.63. The summed E-state index contributed by atoms with van der Waals surface area (Å²) in [5.41, 5.74) is 4.52. The molecule has 32 heavy (non-hydrogen) atoms. The molecule has 0 aromatic heterocycles. The van der Waals surface area contributed by atoms with Crippen molar-refractivity contribution < 1.29 is 9.59 Å². The largest absolute Gasteiger partial charge is 0.352 e. The lowest BCUT2D eigenvalue weighted by Gasteiger charge is -2.27. The summed E-state index contributed by atoms with van der Waals surface area (Å²) in [7, 11) is 1.74. The summed E-state index contributed by atoms with van der Waals surface area (Å²) in [6.45, 7) is 2.55. The maximum absolute atomic E-state index is 12.9. The fourth-order valence-corrected chi connectivity index (χ4v) is 4.74. The Hall–Kier alpha value is -3.02. The van der Waals surface area contributed by atoms with Gasteiger partial charge in [-0.3, -0.25) is 9.59 Å². The van der Waals surface area contributed by atoms with Crippen LogP contribution in [-0.2, 0) is 11.2 Å². The molecule has 0 aliphatic carbocycles. The van der Waals surface area contributed by atoms with Crippen molar-refractivity contribution in [3.63, 3.8) is 0 Å². The Morgan fingerprint density at radius 3 is 2.62 bits per heavy atom. The molecule has 0 fully saturated rings. The molecule has 3 aromatic carbocycles. The molecule has 162 valence electrons. The molecule has 0 unspecified atom stereocenters. The summed E-state index contributed by atoms with van der Waals surface area (Å²) >= 11 is 7.34. The first-order chi connectivity index (χ1) is 15.4. The van der Waals surface area contributed by atoms with Gasteiger partial charge < -0.3 is 10.2 Å². The van der Waals surface area contributed by atoms with Gasteiger partial charge in [0, 0.05) is 29.1 Å². The zero-order valence-corrected chi connectivity index (χ0v) is 19.5. The third kappa shape index (κ3) is 5.06. The summed E-state index contributed by atoms with van der Waals surface area (Å²) in [5.74, 6) is -0.238. The van der Waals surface area contributed by atoms with Gasteiger partial charge in [-0.05, 0) is 60.9 Å². The number of benzene rings is 3. The highest BCUT2D eigenvalue weighted by molar-refractivity contribution is 8.04. The lowest BCUT2D eigenvalue weighted by molar-refractivity contribution is -0.114. The van der Waals surface area contributed by atoms with E-state index in [-0.39, 0.29) is 11.8 Å². The fourth-order valence-electron chi connectivity index (χ4n) is 3.52. The van der Waals surface area contributed by atoms with Crippen LogP contribution < -0.4 is 10.2 Å². The van der Waals surface area contributed by atoms with E-state index in [1.807, 2.05) is 67.6 Å². The van der Waals surface area contributed by atoms with Crippen molar-refractivity contribution in [3.05, 3.63) is 98.9 Å². The quantitative estimate of drug-likeness (QED) is 0.492. The number of nitrogens with zero attached hydrogens (tertiary/aromatic N) is 1. The molecular weight excluding hydrogens is 440 g/mol. The number of fused-ring (bicyclic) bond motifs is 1. The Balaban J connectivity index is 1.46. The van der Waals surface area contributed by atoms with E-state index in [9.17, 15) is 9.59 Å². The van der Waals surface area contributed by atoms with E-state index in [0.29, 0.717) is 22.0 Å². The van der Waals surface area contributed by atoms with E-state index >= 15 is 0 Å². The van der Waals surface area contributed by atoms with Crippen LogP contribution in [-0.4, -0.2) is 25.4 Å². The van der Waals surface area contributed by atoms with E-state index in [4.69, 9.17) is 11.6 Å². The average molecular weight is 463 g/mol. The number of carbonyl (C=O) groups excluding carboxylic acids is 2. The van der Waals surface area contributed by atoms with Crippen LogP contribution in [0.4, 0.5) is 5.69 Å². The van der Waals surface area contributed by atoms with Gasteiger partial charge in [0.15, 0.2) is 0 Å². The molecule has 4 rings (SSSR count). The van der Waals surface area contributed by atoms with Crippen LogP contribution >= 0.6 is 23.4 Å². The number of thioether (sulfide) groups is 1. The number of aryl methyl sites for hydroxylation is 1. The van der Waals surface area contributed by atoms with E-state index in [1.54, 1.807) is 24.1 Å². The molecular formula is C26H23ClN2O2S. The van der Waals surface area contributed by atoms with Crippen LogP contribution in [0.25, 0.3) is 6.08 Å². The van der Waals surface area contributed by atoms with Crippen molar-refractivity contribution in [1.82, 2.24) is 5.32 Å². The minimum atomic E-state index is -0.159. The molecule has 2 amide bonds. The number of nitrogens with one attached hydrogen (secondary N) is 1. The summed E-state index contributed by atoms with van der Waals surface area (Å²) in [5, 5.41) is 3.64. The SMILES string of the molecule is Cc1cccc(C=C2Sc3ccc(C(=O)NCCc4ccc(Cl)cc4)cc3N(C)C2=O)c1. The highest BCUT2D eigenvalue weighted by Gasteiger charge is 2.27. The second-order valence-corrected chi connectivity index (χ2v) is 9.22. The van der Waals surface area contributed by atoms with Crippen LogP contribution in [0, 0.1) is 6.92 Å². The van der Waals surface area contributed by atoms with Crippen molar-refractivity contribution in [1.29, 1.82) is 0 Å². The standard InChI is InChI=1S/C26H23ClN2O2S/c1-17-4-3-5-19(14-17)15-24-26(31)29(2)22-16-20(8-11-23(22)32-24)25(30)28-13-12-18-6-9-21(27)10-7-18/h3-11,14-16H,12-13H2,1-2H3,(H,28,30). The Kier molecular flexibility index (Phi) is 6.68. The molecule has 1 aliphatic heterocycles. The van der Waals surface area contributed by atoms with Crippen LogP contribution in [0.5, 0.6) is 0 Å². The topological polar surface area (TPSA) is 49.4 Å². The number of carbonyl (C=O) groups is 2. The monoisotopic (exact) mass is 462 g/mol. The predicted molar refractivity (Wildman–Crippen MR) is 132 cm³/mol. The van der Waals surface area contributed by atoms with E-state index < -0.39 is 0 Å². The second-order valence-electron chi connectivity index (χ2n) is 7.70. The average Bonchev–Trinajstić information content (AvgIpc) is 2.78. The Morgan fingerprint density at radius 2 is 1.88 bits per heavy atom. The maximum atomic E-state index is 12.9. The highest BCUT2D eigenvalue weighted by atomic mass is 35.5. The number of hydrogen-bond donors (Lipinski definition) is 1. The molecule has 6 heteroatoms. The third-order valence-corrected chi connectivity index (χ3v) is 6.60. The molecule has 0 saturated carbocycles. The number of likely N-dealkylation sites (N-methyl/N-ethyl adjacent to an activating group) is 1. The van der Waals surface area contributed by atoms with Crippen LogP contribution in [0.1, 0.15) is 27.0 Å². The molecule has 1 N–H and O–H groups in total. The Bertz CT molecular complexity index is 1200. The Morgan fingerprint density at radius 1 is 1.09 bits per heavy atom. The van der Waals surface area contributed by atoms with Crippen LogP contribution in [0.3, 0.4) is 0 Å². The van der Waals surface area contributed by atoms with Gasteiger partial charge in [0.25, 0.3) is 11.8 Å².